The van der Waals surface area contributed by atoms with Crippen LogP contribution in [0.4, 0.5) is 0 Å². The molecule has 0 atom stereocenters. The molecule has 3 heterocycles. The van der Waals surface area contributed by atoms with Crippen LogP contribution in [0.2, 0.25) is 0 Å². The normalized spacial score (nSPS) is 11.9. The molecule has 3 aromatic heterocycles. The molecule has 0 fully saturated rings. The minimum Gasteiger partial charge on any atom is -0.309 e. The van der Waals surface area contributed by atoms with Crippen LogP contribution >= 0.6 is 11.3 Å². The van der Waals surface area contributed by atoms with E-state index in [1.807, 2.05) is 48.8 Å². The van der Waals surface area contributed by atoms with Crippen molar-refractivity contribution in [2.45, 2.75) is 13.5 Å². The van der Waals surface area contributed by atoms with E-state index in [9.17, 15) is 0 Å². The fourth-order valence-electron chi connectivity index (χ4n) is 8.05. The zero-order valence-electron chi connectivity index (χ0n) is 31.9. The van der Waals surface area contributed by atoms with Gasteiger partial charge < -0.3 is 4.57 Å². The molecular formula is C52H37N5S. The maximum atomic E-state index is 5.01. The zero-order chi connectivity index (χ0) is 39.0. The molecule has 10 aromatic rings. The van der Waals surface area contributed by atoms with Crippen molar-refractivity contribution in [3.05, 3.63) is 187 Å². The van der Waals surface area contributed by atoms with Gasteiger partial charge in [0.15, 0.2) is 5.82 Å². The molecule has 0 saturated heterocycles. The Balaban J connectivity index is 1.22. The van der Waals surface area contributed by atoms with Crippen molar-refractivity contribution in [3.63, 3.8) is 0 Å². The Morgan fingerprint density at radius 3 is 1.95 bits per heavy atom. The van der Waals surface area contributed by atoms with Crippen molar-refractivity contribution in [2.75, 3.05) is 0 Å². The van der Waals surface area contributed by atoms with Crippen molar-refractivity contribution in [1.82, 2.24) is 14.5 Å². The van der Waals surface area contributed by atoms with E-state index in [0.717, 1.165) is 50.6 Å². The Kier molecular flexibility index (Phi) is 9.09. The summed E-state index contributed by atoms with van der Waals surface area (Å²) in [5.74, 6) is 0.725. The summed E-state index contributed by atoms with van der Waals surface area (Å²) in [6.45, 7) is 6.10. The van der Waals surface area contributed by atoms with Crippen molar-refractivity contribution in [3.8, 4) is 50.6 Å². The van der Waals surface area contributed by atoms with E-state index >= 15 is 0 Å². The largest absolute Gasteiger partial charge is 0.309 e. The predicted molar refractivity (Wildman–Crippen MR) is 247 cm³/mol. The van der Waals surface area contributed by atoms with Gasteiger partial charge in [0.1, 0.15) is 0 Å². The third kappa shape index (κ3) is 6.39. The fourth-order valence-corrected chi connectivity index (χ4v) is 9.27. The van der Waals surface area contributed by atoms with Gasteiger partial charge in [-0.05, 0) is 96.1 Å². The lowest BCUT2D eigenvalue weighted by Crippen LogP contribution is -1.98. The molecule has 6 heteroatoms. The first kappa shape index (κ1) is 35.2. The number of aromatic nitrogens is 3. The maximum Gasteiger partial charge on any atom is 0.160 e. The number of hydrogen-bond acceptors (Lipinski definition) is 5. The third-order valence-electron chi connectivity index (χ3n) is 10.7. The molecule has 0 amide bonds. The summed E-state index contributed by atoms with van der Waals surface area (Å²) in [5.41, 5.74) is 13.1. The first-order chi connectivity index (χ1) is 28.6. The van der Waals surface area contributed by atoms with Gasteiger partial charge in [-0.2, -0.15) is 0 Å². The Morgan fingerprint density at radius 1 is 0.621 bits per heavy atom. The van der Waals surface area contributed by atoms with Crippen molar-refractivity contribution >= 4 is 66.2 Å². The van der Waals surface area contributed by atoms with Crippen LogP contribution in [-0.2, 0) is 6.54 Å². The number of aliphatic imine (C=N–C) groups is 2. The van der Waals surface area contributed by atoms with Gasteiger partial charge in [-0.1, -0.05) is 115 Å². The highest BCUT2D eigenvalue weighted by Crippen LogP contribution is 2.46. The van der Waals surface area contributed by atoms with Crippen LogP contribution in [0.5, 0.6) is 0 Å². The molecule has 58 heavy (non-hydrogen) atoms. The lowest BCUT2D eigenvalue weighted by atomic mass is 9.99. The van der Waals surface area contributed by atoms with E-state index < -0.39 is 0 Å². The third-order valence-corrected chi connectivity index (χ3v) is 11.9. The van der Waals surface area contributed by atoms with Crippen LogP contribution in [-0.4, -0.2) is 27.5 Å². The van der Waals surface area contributed by atoms with Crippen LogP contribution in [0.25, 0.3) is 92.6 Å². The summed E-state index contributed by atoms with van der Waals surface area (Å²) in [5, 5.41) is 4.94. The smallest absolute Gasteiger partial charge is 0.160 e. The van der Waals surface area contributed by atoms with Crippen LogP contribution in [0, 0.1) is 6.92 Å². The van der Waals surface area contributed by atoms with E-state index in [-0.39, 0.29) is 0 Å². The number of nitrogens with zero attached hydrogens (tertiary/aromatic N) is 5. The van der Waals surface area contributed by atoms with Crippen LogP contribution < -0.4 is 0 Å². The summed E-state index contributed by atoms with van der Waals surface area (Å²) in [4.78, 5) is 18.5. The predicted octanol–water partition coefficient (Wildman–Crippen LogP) is 13.7. The van der Waals surface area contributed by atoms with Gasteiger partial charge in [0.25, 0.3) is 0 Å². The standard InChI is InChI=1S/C52H37N5S/c1-34-29-46(56-52(55-34)38-17-10-5-11-18-38)37-19-23-42(24-20-37)57-47-25-21-39(35-13-6-3-7-14-35)31-45(47)49-50(57)41(33-54-28-12-27-53-2)32-44-43-30-40(36-15-8-4-9-16-36)22-26-48(43)58-51(44)49/h3-32H,2,33H2,1H3/b27-12-,54-28?. The molecule has 0 spiro atoms. The second-order valence-corrected chi connectivity index (χ2v) is 15.4. The van der Waals surface area contributed by atoms with Crippen LogP contribution in [0.1, 0.15) is 11.3 Å². The zero-order valence-corrected chi connectivity index (χ0v) is 32.7. The van der Waals surface area contributed by atoms with Crippen molar-refractivity contribution < 1.29 is 0 Å². The molecular weight excluding hydrogens is 727 g/mol. The molecule has 10 rings (SSSR count). The Morgan fingerprint density at radius 2 is 1.26 bits per heavy atom. The van der Waals surface area contributed by atoms with E-state index in [2.05, 4.69) is 162 Å². The molecule has 276 valence electrons. The topological polar surface area (TPSA) is 55.4 Å². The van der Waals surface area contributed by atoms with E-state index in [1.54, 1.807) is 6.20 Å². The van der Waals surface area contributed by atoms with Crippen molar-refractivity contribution in [2.24, 2.45) is 9.98 Å². The summed E-state index contributed by atoms with van der Waals surface area (Å²) >= 11 is 1.87. The van der Waals surface area contributed by atoms with Gasteiger partial charge >= 0.3 is 0 Å². The second kappa shape index (κ2) is 15.0. The van der Waals surface area contributed by atoms with Gasteiger partial charge in [0, 0.05) is 65.9 Å². The van der Waals surface area contributed by atoms with Crippen LogP contribution in [0.15, 0.2) is 186 Å². The fraction of sp³-hybridized carbons (Fsp3) is 0.0385. The number of hydrogen-bond donors (Lipinski definition) is 0. The molecule has 0 aliphatic carbocycles. The molecule has 0 unspecified atom stereocenters. The van der Waals surface area contributed by atoms with Crippen LogP contribution in [0.3, 0.4) is 0 Å². The lowest BCUT2D eigenvalue weighted by Gasteiger charge is -2.13. The van der Waals surface area contributed by atoms with Gasteiger partial charge in [-0.15, -0.1) is 11.3 Å². The molecule has 7 aromatic carbocycles. The summed E-state index contributed by atoms with van der Waals surface area (Å²) in [6, 6.07) is 58.4. The van der Waals surface area contributed by atoms with E-state index in [4.69, 9.17) is 15.0 Å². The quantitative estimate of drug-likeness (QED) is 0.137. The molecule has 5 nitrogen and oxygen atoms in total. The average Bonchev–Trinajstić information content (AvgIpc) is 3.82. The summed E-state index contributed by atoms with van der Waals surface area (Å²) in [7, 11) is 0. The monoisotopic (exact) mass is 763 g/mol. The number of thiophene rings is 1. The van der Waals surface area contributed by atoms with E-state index in [0.29, 0.717) is 6.54 Å². The molecule has 0 saturated carbocycles. The van der Waals surface area contributed by atoms with Gasteiger partial charge in [-0.3, -0.25) is 9.98 Å². The van der Waals surface area contributed by atoms with Gasteiger partial charge in [0.2, 0.25) is 0 Å². The molecule has 0 bridgehead atoms. The molecule has 0 aliphatic heterocycles. The highest BCUT2D eigenvalue weighted by atomic mass is 32.1. The second-order valence-electron chi connectivity index (χ2n) is 14.4. The number of allylic oxidation sites excluding steroid dienone is 1. The Hall–Kier alpha value is -7.28. The van der Waals surface area contributed by atoms with E-state index in [1.165, 1.54) is 53.2 Å². The maximum absolute atomic E-state index is 5.01. The number of fused-ring (bicyclic) bond motifs is 7. The van der Waals surface area contributed by atoms with Crippen molar-refractivity contribution in [1.29, 1.82) is 0 Å². The summed E-state index contributed by atoms with van der Waals surface area (Å²) < 4.78 is 4.96. The van der Waals surface area contributed by atoms with Gasteiger partial charge in [-0.25, -0.2) is 9.97 Å². The first-order valence-electron chi connectivity index (χ1n) is 19.3. The minimum atomic E-state index is 0.492. The first-order valence-corrected chi connectivity index (χ1v) is 20.1. The number of rotatable bonds is 9. The molecule has 0 radical (unpaired) electrons. The molecule has 0 aliphatic rings. The molecule has 0 N–H and O–H groups in total. The minimum absolute atomic E-state index is 0.492. The number of aryl methyl sites for hydroxylation is 1. The Bertz CT molecular complexity index is 3200. The summed E-state index contributed by atoms with van der Waals surface area (Å²) in [6.07, 6.45) is 5.30. The average molecular weight is 764 g/mol. The van der Waals surface area contributed by atoms with Gasteiger partial charge in [0.05, 0.1) is 23.3 Å². The highest BCUT2D eigenvalue weighted by molar-refractivity contribution is 7.26. The number of benzene rings is 7. The lowest BCUT2D eigenvalue weighted by molar-refractivity contribution is 1.07. The SMILES string of the molecule is C=N/C=C\C=NCc1cc2c3cc(-c4ccccc4)ccc3sc2c2c3cc(-c4ccccc4)ccc3n(-c3ccc(-c4cc(C)nc(-c5ccccc5)n4)cc3)c12. The Labute approximate surface area is 340 Å². The highest BCUT2D eigenvalue weighted by Gasteiger charge is 2.22.